The Morgan fingerprint density at radius 3 is 2.35 bits per heavy atom. The number of hydrogen-bond acceptors (Lipinski definition) is 5. The van der Waals surface area contributed by atoms with Crippen LogP contribution in [0.1, 0.15) is 47.0 Å². The van der Waals surface area contributed by atoms with Crippen molar-refractivity contribution in [1.29, 1.82) is 0 Å². The lowest BCUT2D eigenvalue weighted by molar-refractivity contribution is 0.0522. The van der Waals surface area contributed by atoms with Crippen molar-refractivity contribution in [3.63, 3.8) is 0 Å². The minimum absolute atomic E-state index is 0. The van der Waals surface area contributed by atoms with Crippen molar-refractivity contribution < 1.29 is 17.9 Å². The first-order valence-electron chi connectivity index (χ1n) is 10.3. The van der Waals surface area contributed by atoms with Crippen molar-refractivity contribution in [2.45, 2.75) is 63.5 Å². The summed E-state index contributed by atoms with van der Waals surface area (Å²) in [5.41, 5.74) is -0.557. The van der Waals surface area contributed by atoms with Crippen LogP contribution in [0.5, 0.6) is 0 Å². The van der Waals surface area contributed by atoms with Crippen LogP contribution in [0.2, 0.25) is 0 Å². The molecule has 0 fully saturated rings. The second-order valence-electron chi connectivity index (χ2n) is 8.00. The molecule has 0 bridgehead atoms. The topological polar surface area (TPSA) is 109 Å². The van der Waals surface area contributed by atoms with Crippen LogP contribution in [0, 0.1) is 0 Å². The summed E-state index contributed by atoms with van der Waals surface area (Å²) in [6.45, 7) is 8.13. The third kappa shape index (κ3) is 12.8. The highest BCUT2D eigenvalue weighted by atomic mass is 127. The van der Waals surface area contributed by atoms with Crippen LogP contribution in [-0.2, 0) is 14.6 Å². The van der Waals surface area contributed by atoms with E-state index in [2.05, 4.69) is 27.9 Å². The first kappa shape index (κ1) is 29.4. The van der Waals surface area contributed by atoms with Crippen molar-refractivity contribution in [2.24, 2.45) is 4.99 Å². The third-order valence-electron chi connectivity index (χ3n) is 4.13. The van der Waals surface area contributed by atoms with Gasteiger partial charge in [0.15, 0.2) is 15.8 Å². The molecule has 10 heteroatoms. The molecule has 1 unspecified atom stereocenters. The summed E-state index contributed by atoms with van der Waals surface area (Å²) < 4.78 is 30.1. The van der Waals surface area contributed by atoms with Crippen LogP contribution < -0.4 is 16.0 Å². The molecule has 31 heavy (non-hydrogen) atoms. The standard InChI is InChI=1S/C21H36N4O4S.HI/c1-6-7-11-17(16-24-20(26)29-21(2,3)4)25-19(22-5)23-14-15-30(27,28)18-12-9-8-10-13-18;/h8-10,12-13,17H,6-7,11,14-16H2,1-5H3,(H,24,26)(H2,22,23,25);1H. The summed E-state index contributed by atoms with van der Waals surface area (Å²) in [5.74, 6) is 0.443. The summed E-state index contributed by atoms with van der Waals surface area (Å²) in [6, 6.07) is 8.31. The fourth-order valence-corrected chi connectivity index (χ4v) is 3.81. The second-order valence-corrected chi connectivity index (χ2v) is 10.1. The summed E-state index contributed by atoms with van der Waals surface area (Å²) in [6.07, 6.45) is 2.36. The molecule has 1 amide bonds. The quantitative estimate of drug-likeness (QED) is 0.227. The SMILES string of the molecule is CCCCC(CNC(=O)OC(C)(C)C)NC(=NC)NCCS(=O)(=O)c1ccccc1.I. The fraction of sp³-hybridized carbons (Fsp3) is 0.619. The minimum Gasteiger partial charge on any atom is -0.444 e. The van der Waals surface area contributed by atoms with Gasteiger partial charge in [0.25, 0.3) is 0 Å². The van der Waals surface area contributed by atoms with Crippen LogP contribution in [0.15, 0.2) is 40.2 Å². The number of aliphatic imine (C=N–C) groups is 1. The number of carbonyl (C=O) groups excluding carboxylic acids is 1. The van der Waals surface area contributed by atoms with Gasteiger partial charge >= 0.3 is 6.09 Å². The molecule has 0 spiro atoms. The molecular weight excluding hydrogens is 531 g/mol. The number of unbranched alkanes of at least 4 members (excludes halogenated alkanes) is 1. The number of ether oxygens (including phenoxy) is 1. The van der Waals surface area contributed by atoms with E-state index in [1.807, 2.05) is 20.8 Å². The Morgan fingerprint density at radius 2 is 1.81 bits per heavy atom. The van der Waals surface area contributed by atoms with Gasteiger partial charge in [-0.1, -0.05) is 38.0 Å². The van der Waals surface area contributed by atoms with E-state index < -0.39 is 21.5 Å². The number of guanidine groups is 1. The summed E-state index contributed by atoms with van der Waals surface area (Å²) >= 11 is 0. The molecule has 1 aromatic rings. The second kappa shape index (κ2) is 14.5. The Kier molecular flexibility index (Phi) is 13.8. The molecule has 8 nitrogen and oxygen atoms in total. The lowest BCUT2D eigenvalue weighted by atomic mass is 10.1. The highest BCUT2D eigenvalue weighted by molar-refractivity contribution is 14.0. The Balaban J connectivity index is 0.00000900. The molecule has 0 heterocycles. The van der Waals surface area contributed by atoms with Crippen molar-refractivity contribution in [3.05, 3.63) is 30.3 Å². The number of rotatable bonds is 10. The van der Waals surface area contributed by atoms with E-state index in [0.29, 0.717) is 17.4 Å². The van der Waals surface area contributed by atoms with Crippen molar-refractivity contribution >= 4 is 45.9 Å². The van der Waals surface area contributed by atoms with Crippen molar-refractivity contribution in [2.75, 3.05) is 25.9 Å². The summed E-state index contributed by atoms with van der Waals surface area (Å²) in [5, 5.41) is 9.08. The molecule has 0 saturated heterocycles. The number of halogens is 1. The molecule has 1 aromatic carbocycles. The maximum Gasteiger partial charge on any atom is 0.407 e. The zero-order chi connectivity index (χ0) is 22.6. The lowest BCUT2D eigenvalue weighted by Gasteiger charge is -2.24. The molecule has 0 aliphatic heterocycles. The molecular formula is C21H37IN4O4S. The number of carbonyl (C=O) groups is 1. The average molecular weight is 569 g/mol. The Hall–Kier alpha value is -1.56. The average Bonchev–Trinajstić information content (AvgIpc) is 2.68. The maximum absolute atomic E-state index is 12.4. The smallest absolute Gasteiger partial charge is 0.407 e. The van der Waals surface area contributed by atoms with Gasteiger partial charge in [0.2, 0.25) is 0 Å². The first-order chi connectivity index (χ1) is 14.1. The lowest BCUT2D eigenvalue weighted by Crippen LogP contribution is -2.49. The number of benzene rings is 1. The zero-order valence-corrected chi connectivity index (χ0v) is 22.3. The molecule has 0 saturated carbocycles. The van der Waals surface area contributed by atoms with Crippen LogP contribution in [-0.4, -0.2) is 58.0 Å². The van der Waals surface area contributed by atoms with Crippen LogP contribution in [0.3, 0.4) is 0 Å². The third-order valence-corrected chi connectivity index (χ3v) is 5.86. The van der Waals surface area contributed by atoms with Crippen LogP contribution in [0.4, 0.5) is 4.79 Å². The van der Waals surface area contributed by atoms with Gasteiger partial charge in [0.1, 0.15) is 5.60 Å². The Morgan fingerprint density at radius 1 is 1.16 bits per heavy atom. The van der Waals surface area contributed by atoms with Gasteiger partial charge in [-0.05, 0) is 39.3 Å². The van der Waals surface area contributed by atoms with Crippen molar-refractivity contribution in [3.8, 4) is 0 Å². The van der Waals surface area contributed by atoms with E-state index in [9.17, 15) is 13.2 Å². The van der Waals surface area contributed by atoms with E-state index in [0.717, 1.165) is 19.3 Å². The predicted molar refractivity (Wildman–Crippen MR) is 136 cm³/mol. The Bertz CT molecular complexity index is 780. The van der Waals surface area contributed by atoms with E-state index in [-0.39, 0.29) is 42.3 Å². The highest BCUT2D eigenvalue weighted by Crippen LogP contribution is 2.09. The van der Waals surface area contributed by atoms with Crippen LogP contribution >= 0.6 is 24.0 Å². The predicted octanol–water partition coefficient (Wildman–Crippen LogP) is 3.33. The molecule has 0 aliphatic rings. The number of sulfone groups is 1. The van der Waals surface area contributed by atoms with Gasteiger partial charge in [0, 0.05) is 26.2 Å². The fourth-order valence-electron chi connectivity index (χ4n) is 2.63. The number of amides is 1. The molecule has 1 atom stereocenters. The molecule has 0 aliphatic carbocycles. The largest absolute Gasteiger partial charge is 0.444 e. The van der Waals surface area contributed by atoms with Gasteiger partial charge in [0.05, 0.1) is 10.6 Å². The number of nitrogens with one attached hydrogen (secondary N) is 3. The van der Waals surface area contributed by atoms with E-state index in [1.54, 1.807) is 37.4 Å². The Labute approximate surface area is 203 Å². The van der Waals surface area contributed by atoms with Crippen LogP contribution in [0.25, 0.3) is 0 Å². The highest BCUT2D eigenvalue weighted by Gasteiger charge is 2.18. The molecule has 1 rings (SSSR count). The van der Waals surface area contributed by atoms with Crippen molar-refractivity contribution in [1.82, 2.24) is 16.0 Å². The number of hydrogen-bond donors (Lipinski definition) is 3. The monoisotopic (exact) mass is 568 g/mol. The molecule has 0 radical (unpaired) electrons. The van der Waals surface area contributed by atoms with Gasteiger partial charge in [-0.15, -0.1) is 24.0 Å². The first-order valence-corrected chi connectivity index (χ1v) is 11.9. The molecule has 0 aromatic heterocycles. The summed E-state index contributed by atoms with van der Waals surface area (Å²) in [4.78, 5) is 16.4. The maximum atomic E-state index is 12.4. The van der Waals surface area contributed by atoms with Gasteiger partial charge in [-0.3, -0.25) is 4.99 Å². The van der Waals surface area contributed by atoms with Gasteiger partial charge in [-0.2, -0.15) is 0 Å². The van der Waals surface area contributed by atoms with E-state index >= 15 is 0 Å². The van der Waals surface area contributed by atoms with Gasteiger partial charge in [-0.25, -0.2) is 13.2 Å². The van der Waals surface area contributed by atoms with Gasteiger partial charge < -0.3 is 20.7 Å². The minimum atomic E-state index is -3.36. The molecule has 3 N–H and O–H groups in total. The van der Waals surface area contributed by atoms with E-state index in [4.69, 9.17) is 4.74 Å². The summed E-state index contributed by atoms with van der Waals surface area (Å²) in [7, 11) is -1.74. The number of alkyl carbamates (subject to hydrolysis) is 1. The zero-order valence-electron chi connectivity index (χ0n) is 19.1. The number of nitrogens with zero attached hydrogens (tertiary/aromatic N) is 1. The normalized spacial score (nSPS) is 13.0. The molecule has 178 valence electrons. The van der Waals surface area contributed by atoms with E-state index in [1.165, 1.54) is 0 Å².